The van der Waals surface area contributed by atoms with E-state index < -0.39 is 32.8 Å². The number of halogens is 3. The van der Waals surface area contributed by atoms with E-state index in [1.807, 2.05) is 12.1 Å². The lowest BCUT2D eigenvalue weighted by Crippen LogP contribution is -2.50. The molecule has 2 heterocycles. The highest BCUT2D eigenvalue weighted by atomic mass is 32.2. The lowest BCUT2D eigenvalue weighted by atomic mass is 9.88. The van der Waals surface area contributed by atoms with Gasteiger partial charge in [-0.15, -0.1) is 0 Å². The van der Waals surface area contributed by atoms with Crippen molar-refractivity contribution in [3.05, 3.63) is 53.1 Å². The number of nitrogens with zero attached hydrogens (tertiary/aromatic N) is 1. The van der Waals surface area contributed by atoms with Crippen LogP contribution in [-0.2, 0) is 16.2 Å². The second kappa shape index (κ2) is 9.09. The largest absolute Gasteiger partial charge is 0.417 e. The average Bonchev–Trinajstić information content (AvgIpc) is 3.43. The Labute approximate surface area is 201 Å². The number of hydrazine groups is 3. The number of alkyl halides is 3. The van der Waals surface area contributed by atoms with Gasteiger partial charge in [0.05, 0.1) is 5.56 Å². The second-order valence-corrected chi connectivity index (χ2v) is 10.9. The number of hydrogen-bond acceptors (Lipinski definition) is 8. The number of likely N-dealkylation sites (tertiary alicyclic amines) is 1. The van der Waals surface area contributed by atoms with Crippen molar-refractivity contribution in [3.8, 4) is 11.1 Å². The van der Waals surface area contributed by atoms with Crippen molar-refractivity contribution in [2.45, 2.75) is 54.5 Å². The summed E-state index contributed by atoms with van der Waals surface area (Å²) in [5.74, 6) is 0.375. The maximum atomic E-state index is 13.7. The Balaban J connectivity index is 1.47. The molecule has 1 aliphatic carbocycles. The quantitative estimate of drug-likeness (QED) is 0.355. The first-order valence-electron chi connectivity index (χ1n) is 11.4. The highest BCUT2D eigenvalue weighted by molar-refractivity contribution is 7.89. The van der Waals surface area contributed by atoms with Gasteiger partial charge in [0, 0.05) is 36.7 Å². The first-order chi connectivity index (χ1) is 16.5. The molecule has 0 aromatic heterocycles. The van der Waals surface area contributed by atoms with Crippen molar-refractivity contribution < 1.29 is 21.6 Å². The molecule has 3 aliphatic rings. The SMILES string of the molecule is NC1CCC(N2CC(c3ccc(-c4ccc(C(F)(F)F)c(S(N)(=O)=O)c4C4NNNN4)cc3)C2)C1. The number of sulfonamides is 1. The molecule has 2 aromatic rings. The van der Waals surface area contributed by atoms with Crippen LogP contribution in [0.5, 0.6) is 0 Å². The third kappa shape index (κ3) is 4.82. The predicted molar refractivity (Wildman–Crippen MR) is 123 cm³/mol. The molecule has 13 heteroatoms. The van der Waals surface area contributed by atoms with E-state index in [1.165, 1.54) is 6.07 Å². The van der Waals surface area contributed by atoms with Crippen molar-refractivity contribution in [2.24, 2.45) is 10.9 Å². The third-order valence-electron chi connectivity index (χ3n) is 7.13. The van der Waals surface area contributed by atoms with Gasteiger partial charge >= 0.3 is 6.18 Å². The summed E-state index contributed by atoms with van der Waals surface area (Å²) >= 11 is 0. The van der Waals surface area contributed by atoms with E-state index in [0.717, 1.165) is 44.0 Å². The van der Waals surface area contributed by atoms with Crippen molar-refractivity contribution in [3.63, 3.8) is 0 Å². The molecule has 2 aliphatic heterocycles. The van der Waals surface area contributed by atoms with Crippen molar-refractivity contribution in [2.75, 3.05) is 13.1 Å². The summed E-state index contributed by atoms with van der Waals surface area (Å²) in [6.07, 6.45) is -2.67. The first-order valence-corrected chi connectivity index (χ1v) is 12.9. The molecule has 9 nitrogen and oxygen atoms in total. The molecular formula is C22H28F3N7O2S. The zero-order valence-electron chi connectivity index (χ0n) is 18.8. The topological polar surface area (TPSA) is 138 Å². The van der Waals surface area contributed by atoms with Crippen LogP contribution in [-0.4, -0.2) is 38.5 Å². The molecule has 2 unspecified atom stereocenters. The monoisotopic (exact) mass is 511 g/mol. The van der Waals surface area contributed by atoms with Gasteiger partial charge in [0.15, 0.2) is 0 Å². The molecule has 0 spiro atoms. The molecule has 2 saturated heterocycles. The molecule has 0 radical (unpaired) electrons. The second-order valence-electron chi connectivity index (χ2n) is 9.42. The number of rotatable bonds is 5. The van der Waals surface area contributed by atoms with E-state index in [9.17, 15) is 21.6 Å². The van der Waals surface area contributed by atoms with Crippen LogP contribution in [0.25, 0.3) is 11.1 Å². The van der Waals surface area contributed by atoms with E-state index in [4.69, 9.17) is 10.9 Å². The molecule has 190 valence electrons. The molecule has 0 amide bonds. The molecule has 3 fully saturated rings. The summed E-state index contributed by atoms with van der Waals surface area (Å²) in [6, 6.07) is 10.4. The fourth-order valence-electron chi connectivity index (χ4n) is 5.34. The van der Waals surface area contributed by atoms with Gasteiger partial charge in [0.2, 0.25) is 10.0 Å². The van der Waals surface area contributed by atoms with Crippen molar-refractivity contribution in [1.82, 2.24) is 26.8 Å². The molecule has 8 N–H and O–H groups in total. The fourth-order valence-corrected chi connectivity index (χ4v) is 6.37. The minimum Gasteiger partial charge on any atom is -0.328 e. The van der Waals surface area contributed by atoms with Gasteiger partial charge in [-0.05, 0) is 42.0 Å². The minimum atomic E-state index is -4.91. The molecule has 2 atom stereocenters. The standard InChI is InChI=1S/C22H28F3N7O2S/c23-22(24,25)18-8-7-17(19(20(18)35(27,33)34)21-28-30-31-29-21)13-3-1-12(2-4-13)14-10-32(11-14)16-6-5-15(26)9-16/h1-4,7-8,14-16,21,28-31H,5-6,9-11,26H2,(H2,27,33,34). The third-order valence-corrected chi connectivity index (χ3v) is 8.14. The Bertz CT molecular complexity index is 1190. The first kappa shape index (κ1) is 24.6. The van der Waals surface area contributed by atoms with Crippen molar-refractivity contribution >= 4 is 10.0 Å². The number of primary sulfonamides is 1. The van der Waals surface area contributed by atoms with E-state index >= 15 is 0 Å². The Morgan fingerprint density at radius 2 is 1.63 bits per heavy atom. The van der Waals surface area contributed by atoms with Crippen LogP contribution in [0, 0.1) is 0 Å². The van der Waals surface area contributed by atoms with Crippen LogP contribution < -0.4 is 32.8 Å². The molecule has 35 heavy (non-hydrogen) atoms. The van der Waals surface area contributed by atoms with Gasteiger partial charge in [-0.3, -0.25) is 4.90 Å². The molecule has 5 rings (SSSR count). The summed E-state index contributed by atoms with van der Waals surface area (Å²) in [6.45, 7) is 1.90. The number of hydrogen-bond donors (Lipinski definition) is 6. The van der Waals surface area contributed by atoms with Crippen LogP contribution in [0.1, 0.15) is 48.0 Å². The van der Waals surface area contributed by atoms with Crippen LogP contribution in [0.2, 0.25) is 0 Å². The maximum Gasteiger partial charge on any atom is 0.417 e. The summed E-state index contributed by atoms with van der Waals surface area (Å²) < 4.78 is 65.9. The summed E-state index contributed by atoms with van der Waals surface area (Å²) in [7, 11) is -4.72. The molecular weight excluding hydrogens is 483 g/mol. The minimum absolute atomic E-state index is 0.125. The van der Waals surface area contributed by atoms with Gasteiger partial charge in [0.1, 0.15) is 11.1 Å². The average molecular weight is 512 g/mol. The summed E-state index contributed by atoms with van der Waals surface area (Å²) in [4.78, 5) is 1.49. The van der Waals surface area contributed by atoms with Gasteiger partial charge in [0.25, 0.3) is 0 Å². The molecule has 1 saturated carbocycles. The normalized spacial score (nSPS) is 24.7. The molecule has 0 bridgehead atoms. The van der Waals surface area contributed by atoms with Gasteiger partial charge < -0.3 is 5.73 Å². The van der Waals surface area contributed by atoms with E-state index in [1.54, 1.807) is 12.1 Å². The molecule has 2 aromatic carbocycles. The van der Waals surface area contributed by atoms with Crippen LogP contribution in [0.4, 0.5) is 13.2 Å². The van der Waals surface area contributed by atoms with Crippen LogP contribution in [0.3, 0.4) is 0 Å². The Morgan fingerprint density at radius 1 is 0.971 bits per heavy atom. The highest BCUT2D eigenvalue weighted by Crippen LogP contribution is 2.42. The highest BCUT2D eigenvalue weighted by Gasteiger charge is 2.41. The zero-order valence-corrected chi connectivity index (χ0v) is 19.6. The smallest absolute Gasteiger partial charge is 0.328 e. The number of nitrogens with one attached hydrogen (secondary N) is 4. The lowest BCUT2D eigenvalue weighted by Gasteiger charge is -2.43. The summed E-state index contributed by atoms with van der Waals surface area (Å²) in [5, 5.41) is 5.30. The zero-order chi connectivity index (χ0) is 25.0. The van der Waals surface area contributed by atoms with Gasteiger partial charge in [-0.2, -0.15) is 24.2 Å². The van der Waals surface area contributed by atoms with Gasteiger partial charge in [-0.25, -0.2) is 24.4 Å². The maximum absolute atomic E-state index is 13.7. The van der Waals surface area contributed by atoms with Gasteiger partial charge in [-0.1, -0.05) is 30.3 Å². The van der Waals surface area contributed by atoms with Crippen LogP contribution >= 0.6 is 0 Å². The van der Waals surface area contributed by atoms with E-state index in [-0.39, 0.29) is 11.6 Å². The predicted octanol–water partition coefficient (Wildman–Crippen LogP) is 1.41. The van der Waals surface area contributed by atoms with Crippen LogP contribution in [0.15, 0.2) is 41.3 Å². The fraction of sp³-hybridized carbons (Fsp3) is 0.455. The lowest BCUT2D eigenvalue weighted by molar-refractivity contribution is -0.140. The Morgan fingerprint density at radius 3 is 2.17 bits per heavy atom. The summed E-state index contributed by atoms with van der Waals surface area (Å²) in [5.41, 5.74) is 17.0. The van der Waals surface area contributed by atoms with Crippen molar-refractivity contribution in [1.29, 1.82) is 0 Å². The van der Waals surface area contributed by atoms with E-state index in [0.29, 0.717) is 23.1 Å². The Kier molecular flexibility index (Phi) is 6.38. The van der Waals surface area contributed by atoms with E-state index in [2.05, 4.69) is 26.8 Å². The number of benzene rings is 2. The number of nitrogens with two attached hydrogens (primary N) is 2. The Hall–Kier alpha value is -2.10.